The lowest BCUT2D eigenvalue weighted by molar-refractivity contribution is -0.124. The van der Waals surface area contributed by atoms with Crippen LogP contribution in [-0.2, 0) is 22.7 Å². The van der Waals surface area contributed by atoms with Crippen molar-refractivity contribution in [1.82, 2.24) is 25.2 Å². The number of hydrogen-bond acceptors (Lipinski definition) is 7. The molecule has 0 bridgehead atoms. The number of thiazole rings is 1. The van der Waals surface area contributed by atoms with Crippen LogP contribution in [0, 0.1) is 5.92 Å². The van der Waals surface area contributed by atoms with Gasteiger partial charge >= 0.3 is 0 Å². The summed E-state index contributed by atoms with van der Waals surface area (Å²) in [5, 5.41) is 6.79. The number of nitrogens with one attached hydrogen (secondary N) is 2. The number of fused-ring (bicyclic) bond motifs is 1. The van der Waals surface area contributed by atoms with Crippen molar-refractivity contribution >= 4 is 50.2 Å². The maximum atomic E-state index is 12.9. The van der Waals surface area contributed by atoms with Gasteiger partial charge in [0, 0.05) is 31.7 Å². The Balaban J connectivity index is 1.45. The fourth-order valence-corrected chi connectivity index (χ4v) is 4.80. The van der Waals surface area contributed by atoms with Gasteiger partial charge in [0.05, 0.1) is 5.92 Å². The van der Waals surface area contributed by atoms with Gasteiger partial charge in [0.15, 0.2) is 10.8 Å². The van der Waals surface area contributed by atoms with E-state index in [1.807, 2.05) is 17.0 Å². The normalized spacial score (nSPS) is 16.2. The molecule has 11 heteroatoms. The lowest BCUT2D eigenvalue weighted by Gasteiger charge is -2.31. The average molecular weight is 475 g/mol. The van der Waals surface area contributed by atoms with Gasteiger partial charge in [-0.1, -0.05) is 35.1 Å². The number of piperidine rings is 1. The standard InChI is InChI=1S/C21H23ClN6O3S/c1-23-19(30)14-3-2-8-27(10-14)21-26-18-17(32-21)20(31)28(12-25-18)11-16(29)24-9-13-4-6-15(22)7-5-13/h4-7,12,14H,2-3,8-11H2,1H3,(H,23,30)(H,24,29)/t14-/m0/s1. The van der Waals surface area contributed by atoms with E-state index in [2.05, 4.69) is 20.6 Å². The molecule has 3 aromatic rings. The summed E-state index contributed by atoms with van der Waals surface area (Å²) in [6.45, 7) is 1.53. The van der Waals surface area contributed by atoms with Crippen LogP contribution < -0.4 is 21.1 Å². The van der Waals surface area contributed by atoms with Crippen molar-refractivity contribution in [3.8, 4) is 0 Å². The van der Waals surface area contributed by atoms with Gasteiger partial charge in [-0.25, -0.2) is 4.98 Å². The SMILES string of the molecule is CNC(=O)[C@H]1CCCN(c2nc3ncn(CC(=O)NCc4ccc(Cl)cc4)c(=O)c3s2)C1. The van der Waals surface area contributed by atoms with Gasteiger partial charge in [0.2, 0.25) is 11.8 Å². The third-order valence-corrected chi connectivity index (χ3v) is 6.74. The molecule has 0 unspecified atom stereocenters. The number of nitrogens with zero attached hydrogens (tertiary/aromatic N) is 4. The van der Waals surface area contributed by atoms with E-state index < -0.39 is 0 Å². The van der Waals surface area contributed by atoms with E-state index in [0.29, 0.717) is 33.6 Å². The zero-order chi connectivity index (χ0) is 22.7. The molecule has 0 saturated carbocycles. The molecule has 2 N–H and O–H groups in total. The van der Waals surface area contributed by atoms with E-state index in [-0.39, 0.29) is 29.8 Å². The van der Waals surface area contributed by atoms with Gasteiger partial charge in [0.25, 0.3) is 5.56 Å². The highest BCUT2D eigenvalue weighted by Gasteiger charge is 2.27. The highest BCUT2D eigenvalue weighted by Crippen LogP contribution is 2.29. The molecule has 9 nitrogen and oxygen atoms in total. The molecule has 4 rings (SSSR count). The van der Waals surface area contributed by atoms with Crippen LogP contribution in [0.1, 0.15) is 18.4 Å². The Hall–Kier alpha value is -2.98. The lowest BCUT2D eigenvalue weighted by atomic mass is 9.98. The fourth-order valence-electron chi connectivity index (χ4n) is 3.67. The van der Waals surface area contributed by atoms with Crippen LogP contribution in [0.3, 0.4) is 0 Å². The quantitative estimate of drug-likeness (QED) is 0.563. The zero-order valence-electron chi connectivity index (χ0n) is 17.5. The number of hydrogen-bond donors (Lipinski definition) is 2. The summed E-state index contributed by atoms with van der Waals surface area (Å²) >= 11 is 7.12. The summed E-state index contributed by atoms with van der Waals surface area (Å²) in [4.78, 5) is 48.1. The van der Waals surface area contributed by atoms with Gasteiger partial charge in [-0.15, -0.1) is 0 Å². The second kappa shape index (κ2) is 9.66. The van der Waals surface area contributed by atoms with Crippen LogP contribution in [0.25, 0.3) is 10.3 Å². The summed E-state index contributed by atoms with van der Waals surface area (Å²) in [6.07, 6.45) is 3.05. The molecule has 1 aromatic carbocycles. The van der Waals surface area contributed by atoms with Crippen molar-refractivity contribution in [2.75, 3.05) is 25.0 Å². The molecule has 2 amide bonds. The molecule has 0 spiro atoms. The van der Waals surface area contributed by atoms with Gasteiger partial charge in [-0.3, -0.25) is 19.0 Å². The number of anilines is 1. The van der Waals surface area contributed by atoms with E-state index in [9.17, 15) is 14.4 Å². The minimum absolute atomic E-state index is 0.0147. The topological polar surface area (TPSA) is 109 Å². The van der Waals surface area contributed by atoms with Crippen LogP contribution in [0.2, 0.25) is 5.02 Å². The molecular formula is C21H23ClN6O3S. The van der Waals surface area contributed by atoms with Crippen molar-refractivity contribution in [2.24, 2.45) is 5.92 Å². The molecule has 2 aromatic heterocycles. The fraction of sp³-hybridized carbons (Fsp3) is 0.381. The predicted molar refractivity (Wildman–Crippen MR) is 124 cm³/mol. The van der Waals surface area contributed by atoms with Crippen molar-refractivity contribution in [1.29, 1.82) is 0 Å². The van der Waals surface area contributed by atoms with Gasteiger partial charge in [0.1, 0.15) is 17.6 Å². The van der Waals surface area contributed by atoms with E-state index in [1.165, 1.54) is 22.2 Å². The van der Waals surface area contributed by atoms with E-state index in [1.54, 1.807) is 19.2 Å². The second-order valence-electron chi connectivity index (χ2n) is 7.63. The van der Waals surface area contributed by atoms with Crippen LogP contribution in [0.4, 0.5) is 5.13 Å². The third kappa shape index (κ3) is 4.91. The minimum Gasteiger partial charge on any atom is -0.359 e. The monoisotopic (exact) mass is 474 g/mol. The first kappa shape index (κ1) is 22.2. The first-order valence-electron chi connectivity index (χ1n) is 10.3. The van der Waals surface area contributed by atoms with Crippen LogP contribution in [-0.4, -0.2) is 46.5 Å². The highest BCUT2D eigenvalue weighted by molar-refractivity contribution is 7.22. The average Bonchev–Trinajstić information content (AvgIpc) is 3.25. The first-order valence-corrected chi connectivity index (χ1v) is 11.5. The van der Waals surface area contributed by atoms with Crippen LogP contribution in [0.5, 0.6) is 0 Å². The third-order valence-electron chi connectivity index (χ3n) is 5.40. The Morgan fingerprint density at radius 2 is 2.06 bits per heavy atom. The smallest absolute Gasteiger partial charge is 0.273 e. The number of carbonyl (C=O) groups is 2. The summed E-state index contributed by atoms with van der Waals surface area (Å²) in [7, 11) is 1.64. The molecule has 1 aliphatic heterocycles. The van der Waals surface area contributed by atoms with E-state index >= 15 is 0 Å². The summed E-state index contributed by atoms with van der Waals surface area (Å²) in [6, 6.07) is 7.17. The Morgan fingerprint density at radius 1 is 1.28 bits per heavy atom. The van der Waals surface area contributed by atoms with Crippen molar-refractivity contribution < 1.29 is 9.59 Å². The van der Waals surface area contributed by atoms with Crippen LogP contribution >= 0.6 is 22.9 Å². The molecule has 168 valence electrons. The number of carbonyl (C=O) groups excluding carboxylic acids is 2. The van der Waals surface area contributed by atoms with Crippen molar-refractivity contribution in [3.05, 3.63) is 51.5 Å². The molecule has 32 heavy (non-hydrogen) atoms. The second-order valence-corrected chi connectivity index (χ2v) is 9.04. The summed E-state index contributed by atoms with van der Waals surface area (Å²) < 4.78 is 1.68. The van der Waals surface area contributed by atoms with Crippen molar-refractivity contribution in [2.45, 2.75) is 25.9 Å². The Labute approximate surface area is 193 Å². The Bertz CT molecular complexity index is 1190. The van der Waals surface area contributed by atoms with Gasteiger partial charge < -0.3 is 15.5 Å². The maximum Gasteiger partial charge on any atom is 0.273 e. The molecule has 1 fully saturated rings. The molecule has 3 heterocycles. The number of amides is 2. The number of aromatic nitrogens is 3. The van der Waals surface area contributed by atoms with Crippen molar-refractivity contribution in [3.63, 3.8) is 0 Å². The highest BCUT2D eigenvalue weighted by atomic mass is 35.5. The minimum atomic E-state index is -0.305. The molecule has 0 radical (unpaired) electrons. The molecule has 1 saturated heterocycles. The molecule has 1 atom stereocenters. The maximum absolute atomic E-state index is 12.9. The zero-order valence-corrected chi connectivity index (χ0v) is 19.1. The lowest BCUT2D eigenvalue weighted by Crippen LogP contribution is -2.42. The number of rotatable bonds is 6. The molecular weight excluding hydrogens is 452 g/mol. The molecule has 1 aliphatic rings. The van der Waals surface area contributed by atoms with Gasteiger partial charge in [-0.05, 0) is 30.5 Å². The number of benzene rings is 1. The molecule has 0 aliphatic carbocycles. The largest absolute Gasteiger partial charge is 0.359 e. The van der Waals surface area contributed by atoms with Crippen LogP contribution in [0.15, 0.2) is 35.4 Å². The first-order chi connectivity index (χ1) is 15.4. The predicted octanol–water partition coefficient (Wildman–Crippen LogP) is 1.79. The number of halogens is 1. The van der Waals surface area contributed by atoms with E-state index in [0.717, 1.165) is 24.9 Å². The van der Waals surface area contributed by atoms with E-state index in [4.69, 9.17) is 11.6 Å². The summed E-state index contributed by atoms with van der Waals surface area (Å²) in [5.41, 5.74) is 0.961. The summed E-state index contributed by atoms with van der Waals surface area (Å²) in [5.74, 6) is -0.381. The Kier molecular flexibility index (Phi) is 6.71. The van der Waals surface area contributed by atoms with Gasteiger partial charge in [-0.2, -0.15) is 4.98 Å². The Morgan fingerprint density at radius 3 is 2.81 bits per heavy atom.